The number of rotatable bonds is 13. The van der Waals surface area contributed by atoms with Crippen molar-refractivity contribution in [3.05, 3.63) is 0 Å². The quantitative estimate of drug-likeness (QED) is 0.260. The van der Waals surface area contributed by atoms with E-state index in [1.54, 1.807) is 0 Å². The molecule has 0 aliphatic rings. The van der Waals surface area contributed by atoms with Crippen LogP contribution in [0.2, 0.25) is 0 Å². The van der Waals surface area contributed by atoms with Gasteiger partial charge in [-0.15, -0.1) is 0 Å². The van der Waals surface area contributed by atoms with E-state index in [1.165, 1.54) is 91.9 Å². The van der Waals surface area contributed by atoms with Gasteiger partial charge in [0.05, 0.1) is 36.5 Å². The van der Waals surface area contributed by atoms with Crippen LogP contribution in [0.5, 0.6) is 0 Å². The first-order valence-corrected chi connectivity index (χ1v) is 10.0. The second-order valence-corrected chi connectivity index (χ2v) is 8.27. The van der Waals surface area contributed by atoms with Gasteiger partial charge < -0.3 is 21.5 Å². The Balaban J connectivity index is 0. The third kappa shape index (κ3) is 12.4. The van der Waals surface area contributed by atoms with E-state index in [1.807, 2.05) is 0 Å². The van der Waals surface area contributed by atoms with Gasteiger partial charge in [0.15, 0.2) is 0 Å². The normalized spacial score (nSPS) is 13.2. The van der Waals surface area contributed by atoms with Crippen LogP contribution < -0.4 is 17.0 Å². The standard InChI is InChI=1S/C17H40NSi.BrH/c1-5-7-8-9-10-11-12-13-14-15-16-18(3,4)17(19)6-2;/h17H,5-16H2,1-4,19H3;1H/q+1;/p-1. The minimum absolute atomic E-state index is 0. The molecule has 0 spiro atoms. The number of hydrogen-bond donors (Lipinski definition) is 0. The zero-order valence-corrected chi connectivity index (χ0v) is 18.5. The minimum Gasteiger partial charge on any atom is -1.00 e. The average Bonchev–Trinajstić information content (AvgIpc) is 2.39. The van der Waals surface area contributed by atoms with Crippen molar-refractivity contribution in [2.24, 2.45) is 0 Å². The summed E-state index contributed by atoms with van der Waals surface area (Å²) in [5, 5.41) is 0. The summed E-state index contributed by atoms with van der Waals surface area (Å²) in [7, 11) is 6.19. The fourth-order valence-electron chi connectivity index (χ4n) is 2.72. The second-order valence-electron chi connectivity index (χ2n) is 6.94. The van der Waals surface area contributed by atoms with E-state index in [9.17, 15) is 0 Å². The topological polar surface area (TPSA) is 0 Å². The summed E-state index contributed by atoms with van der Waals surface area (Å²) >= 11 is 0. The molecule has 0 radical (unpaired) electrons. The van der Waals surface area contributed by atoms with Gasteiger partial charge in [-0.1, -0.05) is 65.2 Å². The highest BCUT2D eigenvalue weighted by atomic mass is 79.9. The maximum atomic E-state index is 2.43. The summed E-state index contributed by atoms with van der Waals surface area (Å²) < 4.78 is 1.26. The van der Waals surface area contributed by atoms with Crippen molar-refractivity contribution in [1.82, 2.24) is 0 Å². The van der Waals surface area contributed by atoms with Crippen LogP contribution in [0.1, 0.15) is 84.5 Å². The molecular formula is C17H40BrNSi. The van der Waals surface area contributed by atoms with E-state index in [2.05, 4.69) is 27.9 Å². The predicted molar refractivity (Wildman–Crippen MR) is 92.8 cm³/mol. The maximum absolute atomic E-state index is 2.43. The van der Waals surface area contributed by atoms with Crippen LogP contribution in [-0.4, -0.2) is 41.0 Å². The molecule has 1 unspecified atom stereocenters. The number of quaternary nitrogens is 1. The smallest absolute Gasteiger partial charge is 0.0781 e. The third-order valence-electron chi connectivity index (χ3n) is 4.87. The van der Waals surface area contributed by atoms with Gasteiger partial charge in [0.25, 0.3) is 0 Å². The van der Waals surface area contributed by atoms with Gasteiger partial charge in [-0.2, -0.15) is 0 Å². The van der Waals surface area contributed by atoms with E-state index in [-0.39, 0.29) is 17.0 Å². The van der Waals surface area contributed by atoms with Crippen molar-refractivity contribution >= 4 is 10.2 Å². The zero-order valence-electron chi connectivity index (χ0n) is 14.9. The number of halogens is 1. The molecule has 1 nitrogen and oxygen atoms in total. The summed E-state index contributed by atoms with van der Waals surface area (Å²) in [6.45, 7) is 6.02. The van der Waals surface area contributed by atoms with Crippen LogP contribution in [0.15, 0.2) is 0 Å². The van der Waals surface area contributed by atoms with Gasteiger partial charge >= 0.3 is 0 Å². The van der Waals surface area contributed by atoms with Crippen molar-refractivity contribution in [2.45, 2.75) is 90.1 Å². The van der Waals surface area contributed by atoms with Gasteiger partial charge in [-0.3, -0.25) is 0 Å². The van der Waals surface area contributed by atoms with Gasteiger partial charge in [0.1, 0.15) is 0 Å². The molecule has 0 aromatic carbocycles. The number of unbranched alkanes of at least 4 members (excludes halogenated alkanes) is 9. The lowest BCUT2D eigenvalue weighted by atomic mass is 10.1. The zero-order chi connectivity index (χ0) is 14.6. The first kappa shape index (κ1) is 22.9. The van der Waals surface area contributed by atoms with Gasteiger partial charge in [-0.05, 0) is 19.3 Å². The van der Waals surface area contributed by atoms with Crippen molar-refractivity contribution < 1.29 is 21.5 Å². The van der Waals surface area contributed by atoms with Gasteiger partial charge in [-0.25, -0.2) is 0 Å². The Morgan fingerprint density at radius 1 is 0.750 bits per heavy atom. The van der Waals surface area contributed by atoms with Crippen molar-refractivity contribution in [3.63, 3.8) is 0 Å². The summed E-state index contributed by atoms with van der Waals surface area (Å²) in [5.41, 5.74) is 0.943. The molecule has 0 N–H and O–H groups in total. The van der Waals surface area contributed by atoms with E-state index in [0.717, 1.165) is 5.67 Å². The summed E-state index contributed by atoms with van der Waals surface area (Å²) in [4.78, 5) is 0. The van der Waals surface area contributed by atoms with Crippen LogP contribution >= 0.6 is 0 Å². The Morgan fingerprint density at radius 2 is 1.15 bits per heavy atom. The SMILES string of the molecule is CCCCCCCCCCCC[N+](C)(C)C([SiH3])CC.[Br-]. The van der Waals surface area contributed by atoms with E-state index in [4.69, 9.17) is 0 Å². The highest BCUT2D eigenvalue weighted by molar-refractivity contribution is 6.10. The Morgan fingerprint density at radius 3 is 1.55 bits per heavy atom. The molecule has 0 rings (SSSR count). The molecule has 0 aliphatic carbocycles. The lowest BCUT2D eigenvalue weighted by Crippen LogP contribution is -3.00. The van der Waals surface area contributed by atoms with E-state index in [0.29, 0.717) is 0 Å². The molecule has 0 bridgehead atoms. The predicted octanol–water partition coefficient (Wildman–Crippen LogP) is 1.09. The molecule has 20 heavy (non-hydrogen) atoms. The molecular weight excluding hydrogens is 326 g/mol. The molecule has 0 heterocycles. The highest BCUT2D eigenvalue weighted by Gasteiger charge is 2.20. The summed E-state index contributed by atoms with van der Waals surface area (Å²) in [5.74, 6) is 0. The summed E-state index contributed by atoms with van der Waals surface area (Å²) in [6, 6.07) is 0. The maximum Gasteiger partial charge on any atom is 0.0781 e. The number of nitrogens with zero attached hydrogens (tertiary/aromatic N) is 1. The van der Waals surface area contributed by atoms with E-state index < -0.39 is 0 Å². The lowest BCUT2D eigenvalue weighted by molar-refractivity contribution is -0.902. The largest absolute Gasteiger partial charge is 1.00 e. The minimum atomic E-state index is 0. The van der Waals surface area contributed by atoms with Crippen molar-refractivity contribution in [3.8, 4) is 0 Å². The average molecular weight is 367 g/mol. The molecule has 0 aliphatic heterocycles. The van der Waals surface area contributed by atoms with Gasteiger partial charge in [0.2, 0.25) is 0 Å². The molecule has 0 aromatic rings. The third-order valence-corrected chi connectivity index (χ3v) is 7.09. The van der Waals surface area contributed by atoms with Crippen molar-refractivity contribution in [1.29, 1.82) is 0 Å². The van der Waals surface area contributed by atoms with Gasteiger partial charge in [0, 0.05) is 0 Å². The molecule has 1 atom stereocenters. The highest BCUT2D eigenvalue weighted by Crippen LogP contribution is 2.13. The molecule has 0 fully saturated rings. The van der Waals surface area contributed by atoms with Crippen LogP contribution in [0.4, 0.5) is 0 Å². The Bertz CT molecular complexity index is 197. The Kier molecular flexibility index (Phi) is 16.7. The molecule has 0 aromatic heterocycles. The van der Waals surface area contributed by atoms with Crippen LogP contribution in [0.3, 0.4) is 0 Å². The second kappa shape index (κ2) is 14.6. The Hall–Kier alpha value is 0.657. The monoisotopic (exact) mass is 365 g/mol. The van der Waals surface area contributed by atoms with Crippen molar-refractivity contribution in [2.75, 3.05) is 20.6 Å². The lowest BCUT2D eigenvalue weighted by Gasteiger charge is -2.36. The Labute approximate surface area is 142 Å². The first-order valence-electron chi connectivity index (χ1n) is 8.87. The molecule has 0 saturated heterocycles. The first-order chi connectivity index (χ1) is 9.04. The number of hydrogen-bond acceptors (Lipinski definition) is 0. The fraction of sp³-hybridized carbons (Fsp3) is 1.00. The van der Waals surface area contributed by atoms with E-state index >= 15 is 0 Å². The molecule has 124 valence electrons. The van der Waals surface area contributed by atoms with Crippen LogP contribution in [0, 0.1) is 0 Å². The molecule has 0 amide bonds. The molecule has 3 heteroatoms. The molecule has 0 saturated carbocycles. The van der Waals surface area contributed by atoms with Crippen LogP contribution in [0.25, 0.3) is 0 Å². The summed E-state index contributed by atoms with van der Waals surface area (Å²) in [6.07, 6.45) is 15.9. The fourth-order valence-corrected chi connectivity index (χ4v) is 2.98. The van der Waals surface area contributed by atoms with Crippen LogP contribution in [-0.2, 0) is 0 Å².